The zero-order valence-electron chi connectivity index (χ0n) is 26.1. The van der Waals surface area contributed by atoms with Gasteiger partial charge in [0.05, 0.1) is 16.8 Å². The number of aliphatic hydroxyl groups is 1. The van der Waals surface area contributed by atoms with Gasteiger partial charge in [0.2, 0.25) is 15.9 Å². The molecule has 6 heteroatoms. The first-order valence-corrected chi connectivity index (χ1v) is 17.4. The highest BCUT2D eigenvalue weighted by Crippen LogP contribution is 2.75. The Morgan fingerprint density at radius 2 is 1.62 bits per heavy atom. The Morgan fingerprint density at radius 1 is 0.949 bits per heavy atom. The molecular weight excluding hydrogens is 506 g/mol. The smallest absolute Gasteiger partial charge is 0.240 e. The van der Waals surface area contributed by atoms with E-state index in [9.17, 15) is 18.3 Å². The molecule has 39 heavy (non-hydrogen) atoms. The number of aliphatic hydroxyl groups excluding tert-OH is 1. The summed E-state index contributed by atoms with van der Waals surface area (Å²) in [7, 11) is -3.69. The molecule has 5 aliphatic rings. The minimum Gasteiger partial charge on any atom is -0.393 e. The van der Waals surface area contributed by atoms with Crippen molar-refractivity contribution in [3.63, 3.8) is 0 Å². The molecule has 0 aliphatic heterocycles. The SMILES string of the molecule is CC(C)S(=O)(=O)NC(=O)[C@]12CC[C@@H](C)[C@H](C)[C@H]1C1=CC[C@@H]3[C@@]4(C)CC[C@H](O)C(C)(C)C4CC[C@@]3(C)[C@]1(C)CC2. The van der Waals surface area contributed by atoms with E-state index in [1.165, 1.54) is 5.57 Å². The minimum absolute atomic E-state index is 0.0131. The number of sulfonamides is 1. The highest BCUT2D eigenvalue weighted by atomic mass is 32.2. The van der Waals surface area contributed by atoms with E-state index in [1.807, 2.05) is 0 Å². The average Bonchev–Trinajstić information content (AvgIpc) is 2.84. The van der Waals surface area contributed by atoms with Crippen LogP contribution in [-0.2, 0) is 14.8 Å². The van der Waals surface area contributed by atoms with Gasteiger partial charge in [0, 0.05) is 0 Å². The van der Waals surface area contributed by atoms with Gasteiger partial charge in [0.1, 0.15) is 0 Å². The molecule has 2 N–H and O–H groups in total. The summed E-state index contributed by atoms with van der Waals surface area (Å²) in [6, 6.07) is 0. The fraction of sp³-hybridized carbons (Fsp3) is 0.909. The van der Waals surface area contributed by atoms with Gasteiger partial charge in [-0.25, -0.2) is 8.42 Å². The number of hydrogen-bond donors (Lipinski definition) is 2. The summed E-state index contributed by atoms with van der Waals surface area (Å²) in [6.07, 6.45) is 11.0. The Morgan fingerprint density at radius 3 is 2.26 bits per heavy atom. The molecule has 0 aromatic carbocycles. The van der Waals surface area contributed by atoms with Crippen LogP contribution in [0.5, 0.6) is 0 Å². The second-order valence-corrected chi connectivity index (χ2v) is 18.4. The van der Waals surface area contributed by atoms with E-state index in [0.29, 0.717) is 23.7 Å². The molecule has 10 atom stereocenters. The van der Waals surface area contributed by atoms with Crippen molar-refractivity contribution in [2.24, 2.45) is 56.7 Å². The molecule has 0 bridgehead atoms. The number of hydrogen-bond acceptors (Lipinski definition) is 4. The van der Waals surface area contributed by atoms with Gasteiger partial charge in [0.15, 0.2) is 0 Å². The van der Waals surface area contributed by atoms with Crippen LogP contribution in [0.25, 0.3) is 0 Å². The van der Waals surface area contributed by atoms with Crippen LogP contribution in [0, 0.1) is 56.7 Å². The van der Waals surface area contributed by atoms with Crippen LogP contribution in [0.4, 0.5) is 0 Å². The van der Waals surface area contributed by atoms with Crippen molar-refractivity contribution in [3.8, 4) is 0 Å². The third kappa shape index (κ3) is 3.85. The van der Waals surface area contributed by atoms with Gasteiger partial charge < -0.3 is 5.11 Å². The summed E-state index contributed by atoms with van der Waals surface area (Å²) >= 11 is 0. The van der Waals surface area contributed by atoms with Gasteiger partial charge in [-0.15, -0.1) is 0 Å². The first kappa shape index (κ1) is 29.6. The summed E-state index contributed by atoms with van der Waals surface area (Å²) < 4.78 is 28.3. The van der Waals surface area contributed by atoms with E-state index < -0.39 is 20.7 Å². The Balaban J connectivity index is 1.59. The van der Waals surface area contributed by atoms with Crippen LogP contribution >= 0.6 is 0 Å². The fourth-order valence-electron chi connectivity index (χ4n) is 11.2. The molecule has 0 spiro atoms. The Bertz CT molecular complexity index is 1160. The van der Waals surface area contributed by atoms with E-state index in [1.54, 1.807) is 13.8 Å². The van der Waals surface area contributed by atoms with Gasteiger partial charge in [-0.05, 0) is 123 Å². The maximum Gasteiger partial charge on any atom is 0.240 e. The lowest BCUT2D eigenvalue weighted by Crippen LogP contribution is -2.66. The first-order valence-electron chi connectivity index (χ1n) is 15.8. The predicted octanol–water partition coefficient (Wildman–Crippen LogP) is 6.86. The van der Waals surface area contributed by atoms with E-state index in [4.69, 9.17) is 0 Å². The number of allylic oxidation sites excluding steroid dienone is 2. The van der Waals surface area contributed by atoms with Crippen LogP contribution in [-0.4, -0.2) is 30.8 Å². The molecule has 5 rings (SSSR count). The van der Waals surface area contributed by atoms with Crippen LogP contribution in [0.2, 0.25) is 0 Å². The number of carbonyl (C=O) groups excluding carboxylic acids is 1. The lowest BCUT2D eigenvalue weighted by molar-refractivity contribution is -0.204. The molecule has 0 saturated heterocycles. The van der Waals surface area contributed by atoms with Crippen LogP contribution in [0.1, 0.15) is 120 Å². The van der Waals surface area contributed by atoms with E-state index in [-0.39, 0.29) is 39.6 Å². The highest BCUT2D eigenvalue weighted by molar-refractivity contribution is 7.90. The molecule has 4 fully saturated rings. The summed E-state index contributed by atoms with van der Waals surface area (Å²) in [6.45, 7) is 20.1. The number of fused-ring (bicyclic) bond motifs is 7. The number of amides is 1. The lowest BCUT2D eigenvalue weighted by Gasteiger charge is -2.71. The highest BCUT2D eigenvalue weighted by Gasteiger charge is 2.69. The average molecular weight is 562 g/mol. The van der Waals surface area contributed by atoms with Gasteiger partial charge in [0.25, 0.3) is 0 Å². The Kier molecular flexibility index (Phi) is 6.88. The van der Waals surface area contributed by atoms with E-state index in [0.717, 1.165) is 57.8 Å². The standard InChI is InChI=1S/C33H55NO4S/c1-20(2)39(37,38)34-28(36)33-17-12-21(3)22(4)27(33)23-10-11-25-30(7)15-14-26(35)29(5,6)24(30)13-16-32(25,9)31(23,8)18-19-33/h10,20-22,24-27,35H,11-19H2,1-9H3,(H,34,36)/t21-,22+,24?,25-,26+,27+,30+,31-,32-,33+/m1/s1. The summed E-state index contributed by atoms with van der Waals surface area (Å²) in [5.74, 6) is 1.70. The maximum absolute atomic E-state index is 14.1. The number of nitrogens with one attached hydrogen (secondary N) is 1. The van der Waals surface area contributed by atoms with Crippen molar-refractivity contribution < 1.29 is 18.3 Å². The first-order chi connectivity index (χ1) is 17.9. The summed E-state index contributed by atoms with van der Waals surface area (Å²) in [5, 5.41) is 10.3. The molecular formula is C33H55NO4S. The zero-order chi connectivity index (χ0) is 29.0. The lowest BCUT2D eigenvalue weighted by atomic mass is 9.33. The van der Waals surface area contributed by atoms with Crippen molar-refractivity contribution in [2.75, 3.05) is 0 Å². The number of carbonyl (C=O) groups is 1. The molecule has 0 aromatic heterocycles. The van der Waals surface area contributed by atoms with Crippen molar-refractivity contribution >= 4 is 15.9 Å². The maximum atomic E-state index is 14.1. The summed E-state index contributed by atoms with van der Waals surface area (Å²) in [5.41, 5.74) is 1.02. The second kappa shape index (κ2) is 9.06. The Hall–Kier alpha value is -0.880. The second-order valence-electron chi connectivity index (χ2n) is 16.2. The van der Waals surface area contributed by atoms with Crippen LogP contribution in [0.15, 0.2) is 11.6 Å². The number of rotatable bonds is 3. The van der Waals surface area contributed by atoms with Crippen molar-refractivity contribution in [1.82, 2.24) is 4.72 Å². The molecule has 1 amide bonds. The monoisotopic (exact) mass is 561 g/mol. The van der Waals surface area contributed by atoms with Crippen LogP contribution in [0.3, 0.4) is 0 Å². The van der Waals surface area contributed by atoms with E-state index in [2.05, 4.69) is 59.3 Å². The van der Waals surface area contributed by atoms with Gasteiger partial charge in [-0.1, -0.05) is 60.1 Å². The topological polar surface area (TPSA) is 83.5 Å². The Labute approximate surface area is 238 Å². The molecule has 0 aromatic rings. The van der Waals surface area contributed by atoms with Crippen LogP contribution < -0.4 is 4.72 Å². The predicted molar refractivity (Wildman–Crippen MR) is 157 cm³/mol. The van der Waals surface area contributed by atoms with Gasteiger partial charge in [-0.2, -0.15) is 0 Å². The van der Waals surface area contributed by atoms with Crippen molar-refractivity contribution in [2.45, 2.75) is 131 Å². The quantitative estimate of drug-likeness (QED) is 0.369. The van der Waals surface area contributed by atoms with Crippen molar-refractivity contribution in [1.29, 1.82) is 0 Å². The molecule has 0 heterocycles. The van der Waals surface area contributed by atoms with Gasteiger partial charge >= 0.3 is 0 Å². The fourth-order valence-corrected chi connectivity index (χ4v) is 11.9. The van der Waals surface area contributed by atoms with Crippen molar-refractivity contribution in [3.05, 3.63) is 11.6 Å². The molecule has 4 saturated carbocycles. The molecule has 222 valence electrons. The molecule has 5 nitrogen and oxygen atoms in total. The minimum atomic E-state index is -3.69. The zero-order valence-corrected chi connectivity index (χ0v) is 26.9. The third-order valence-corrected chi connectivity index (χ3v) is 16.0. The van der Waals surface area contributed by atoms with Gasteiger partial charge in [-0.3, -0.25) is 9.52 Å². The molecule has 5 aliphatic carbocycles. The third-order valence-electron chi connectivity index (χ3n) is 14.3. The molecule has 1 unspecified atom stereocenters. The normalized spacial score (nSPS) is 49.2. The largest absolute Gasteiger partial charge is 0.393 e. The molecule has 0 radical (unpaired) electrons. The summed E-state index contributed by atoms with van der Waals surface area (Å²) in [4.78, 5) is 14.1. The van der Waals surface area contributed by atoms with E-state index >= 15 is 0 Å².